The summed E-state index contributed by atoms with van der Waals surface area (Å²) in [7, 11) is -5.14. The second kappa shape index (κ2) is 7.32. The average Bonchev–Trinajstić information content (AvgIpc) is 3.07. The molecule has 2 bridgehead atoms. The van der Waals surface area contributed by atoms with Crippen LogP contribution in [0.2, 0.25) is 0 Å². The van der Waals surface area contributed by atoms with Gasteiger partial charge in [-0.2, -0.15) is 9.35 Å². The van der Waals surface area contributed by atoms with Crippen LogP contribution >= 0.6 is 11.3 Å². The molecule has 2 aliphatic heterocycles. The van der Waals surface area contributed by atoms with E-state index in [0.29, 0.717) is 15.5 Å². The Kier molecular flexibility index (Phi) is 5.56. The van der Waals surface area contributed by atoms with Crippen LogP contribution in [0.4, 0.5) is 4.79 Å². The van der Waals surface area contributed by atoms with E-state index in [1.807, 2.05) is 24.3 Å². The van der Waals surface area contributed by atoms with Gasteiger partial charge in [0.25, 0.3) is 0 Å². The topological polar surface area (TPSA) is 116 Å². The number of carbonyl (C=O) groups is 2. The molecule has 9 nitrogen and oxygen atoms in total. The number of urea groups is 1. The summed E-state index contributed by atoms with van der Waals surface area (Å²) in [5.41, 5.74) is 0.586. The predicted molar refractivity (Wildman–Crippen MR) is 88.7 cm³/mol. The molecule has 0 radical (unpaired) electrons. The second-order valence-electron chi connectivity index (χ2n) is 5.79. The van der Waals surface area contributed by atoms with Crippen molar-refractivity contribution in [1.29, 1.82) is 0 Å². The molecule has 1 fully saturated rings. The predicted octanol–water partition coefficient (Wildman–Crippen LogP) is -1.31. The van der Waals surface area contributed by atoms with Gasteiger partial charge in [-0.25, -0.2) is 18.0 Å². The standard InChI is InChI=1S/C15H14N2O7S2.Na/c1-2-23-14(18)12-11-8-5-3-4-6-10(8)25-13(11)9-7-16(12)15(19)17(9)24-26(20,21)22;/h3-6,9,12H,2,7H2,1H3,(H,20,21,22);/q;+1/p-1/t9-,12+;/m1./s1. The normalized spacial score (nSPS) is 21.2. The van der Waals surface area contributed by atoms with Crippen molar-refractivity contribution < 1.29 is 61.1 Å². The molecule has 138 valence electrons. The molecule has 3 heterocycles. The van der Waals surface area contributed by atoms with Gasteiger partial charge in [-0.1, -0.05) is 18.2 Å². The minimum absolute atomic E-state index is 0. The summed E-state index contributed by atoms with van der Waals surface area (Å²) in [6, 6.07) is 4.66. The van der Waals surface area contributed by atoms with Crippen LogP contribution in [0.1, 0.15) is 29.4 Å². The zero-order valence-corrected chi connectivity index (χ0v) is 18.1. The van der Waals surface area contributed by atoms with Crippen molar-refractivity contribution in [2.75, 3.05) is 13.2 Å². The summed E-state index contributed by atoms with van der Waals surface area (Å²) < 4.78 is 43.5. The van der Waals surface area contributed by atoms with Crippen molar-refractivity contribution in [2.45, 2.75) is 19.0 Å². The van der Waals surface area contributed by atoms with Crippen LogP contribution < -0.4 is 29.6 Å². The number of hydroxylamine groups is 2. The Morgan fingerprint density at radius 3 is 2.74 bits per heavy atom. The van der Waals surface area contributed by atoms with Crippen molar-refractivity contribution in [1.82, 2.24) is 9.96 Å². The van der Waals surface area contributed by atoms with E-state index in [2.05, 4.69) is 4.28 Å². The van der Waals surface area contributed by atoms with E-state index in [4.69, 9.17) is 4.74 Å². The molecule has 0 unspecified atom stereocenters. The van der Waals surface area contributed by atoms with Gasteiger partial charge in [0.1, 0.15) is 6.04 Å². The van der Waals surface area contributed by atoms with Gasteiger partial charge in [0, 0.05) is 15.1 Å². The van der Waals surface area contributed by atoms with Crippen LogP contribution in [0.5, 0.6) is 0 Å². The molecule has 12 heteroatoms. The Hall–Kier alpha value is -1.21. The Balaban J connectivity index is 0.00000210. The smallest absolute Gasteiger partial charge is 0.724 e. The van der Waals surface area contributed by atoms with Crippen LogP contribution in [-0.2, 0) is 24.2 Å². The summed E-state index contributed by atoms with van der Waals surface area (Å²) in [5, 5.41) is 1.32. The molecule has 2 atom stereocenters. The maximum absolute atomic E-state index is 12.6. The SMILES string of the molecule is CCOC(=O)[C@@H]1c2c(sc3ccccc23)[C@H]2CN1C(=O)N2OS(=O)(=O)[O-].[Na+]. The van der Waals surface area contributed by atoms with Gasteiger partial charge in [-0.05, 0) is 18.4 Å². The van der Waals surface area contributed by atoms with Crippen LogP contribution in [0.25, 0.3) is 10.1 Å². The maximum atomic E-state index is 12.6. The Morgan fingerprint density at radius 2 is 2.07 bits per heavy atom. The van der Waals surface area contributed by atoms with E-state index in [-0.39, 0.29) is 42.7 Å². The molecule has 0 N–H and O–H groups in total. The van der Waals surface area contributed by atoms with E-state index >= 15 is 0 Å². The minimum Gasteiger partial charge on any atom is -0.724 e. The average molecular weight is 420 g/mol. The van der Waals surface area contributed by atoms with Gasteiger partial charge < -0.3 is 14.2 Å². The first-order valence-electron chi connectivity index (χ1n) is 7.75. The zero-order chi connectivity index (χ0) is 18.6. The fraction of sp³-hybridized carbons (Fsp3) is 0.333. The number of esters is 1. The van der Waals surface area contributed by atoms with Gasteiger partial charge >= 0.3 is 41.6 Å². The van der Waals surface area contributed by atoms with Crippen LogP contribution in [0, 0.1) is 0 Å². The molecule has 2 amide bonds. The third kappa shape index (κ3) is 3.37. The number of thiophene rings is 1. The number of ether oxygens (including phenoxy) is 1. The quantitative estimate of drug-likeness (QED) is 0.261. The number of fused-ring (bicyclic) bond motifs is 6. The molecular formula is C15H13N2NaO7S2. The fourth-order valence-electron chi connectivity index (χ4n) is 3.42. The number of benzene rings is 1. The Bertz CT molecular complexity index is 1020. The minimum atomic E-state index is -5.14. The third-order valence-corrected chi connectivity index (χ3v) is 5.95. The molecule has 0 spiro atoms. The molecule has 0 saturated carbocycles. The van der Waals surface area contributed by atoms with E-state index < -0.39 is 34.5 Å². The molecule has 2 aliphatic rings. The molecule has 1 aromatic heterocycles. The molecule has 1 aromatic carbocycles. The number of amides is 2. The summed E-state index contributed by atoms with van der Waals surface area (Å²) >= 11 is 1.32. The van der Waals surface area contributed by atoms with E-state index in [9.17, 15) is 22.6 Å². The number of nitrogens with zero attached hydrogens (tertiary/aromatic N) is 2. The molecule has 1 saturated heterocycles. The van der Waals surface area contributed by atoms with E-state index in [1.165, 1.54) is 16.2 Å². The van der Waals surface area contributed by atoms with Crippen molar-refractivity contribution >= 4 is 43.8 Å². The first kappa shape index (κ1) is 20.5. The summed E-state index contributed by atoms with van der Waals surface area (Å²) in [6.45, 7) is 1.81. The Morgan fingerprint density at radius 1 is 1.37 bits per heavy atom. The number of hydrogen-bond acceptors (Lipinski definition) is 8. The maximum Gasteiger partial charge on any atom is 1.00 e. The molecule has 2 aromatic rings. The molecule has 27 heavy (non-hydrogen) atoms. The van der Waals surface area contributed by atoms with Crippen molar-refractivity contribution in [3.05, 3.63) is 34.7 Å². The second-order valence-corrected chi connectivity index (χ2v) is 7.84. The monoisotopic (exact) mass is 420 g/mol. The third-order valence-electron chi connectivity index (χ3n) is 4.32. The van der Waals surface area contributed by atoms with Crippen LogP contribution in [-0.4, -0.2) is 48.1 Å². The molecular weight excluding hydrogens is 407 g/mol. The van der Waals surface area contributed by atoms with Gasteiger partial charge in [-0.15, -0.1) is 11.3 Å². The first-order valence-corrected chi connectivity index (χ1v) is 9.90. The van der Waals surface area contributed by atoms with Gasteiger partial charge in [0.2, 0.25) is 10.4 Å². The fourth-order valence-corrected chi connectivity index (χ4v) is 5.10. The van der Waals surface area contributed by atoms with Crippen molar-refractivity contribution in [2.24, 2.45) is 0 Å². The van der Waals surface area contributed by atoms with Gasteiger partial charge in [0.15, 0.2) is 6.04 Å². The Labute approximate surface area is 181 Å². The molecule has 0 aliphatic carbocycles. The van der Waals surface area contributed by atoms with Crippen LogP contribution in [0.3, 0.4) is 0 Å². The van der Waals surface area contributed by atoms with Gasteiger partial charge in [-0.3, -0.25) is 0 Å². The van der Waals surface area contributed by atoms with Crippen LogP contribution in [0.15, 0.2) is 24.3 Å². The summed E-state index contributed by atoms with van der Waals surface area (Å²) in [4.78, 5) is 27.0. The summed E-state index contributed by atoms with van der Waals surface area (Å²) in [5.74, 6) is -0.615. The van der Waals surface area contributed by atoms with Crippen molar-refractivity contribution in [3.63, 3.8) is 0 Å². The number of carbonyl (C=O) groups excluding carboxylic acids is 2. The summed E-state index contributed by atoms with van der Waals surface area (Å²) in [6.07, 6.45) is 0. The number of hydrogen-bond donors (Lipinski definition) is 0. The largest absolute Gasteiger partial charge is 1.00 e. The number of rotatable bonds is 4. The molecule has 4 rings (SSSR count). The van der Waals surface area contributed by atoms with E-state index in [0.717, 1.165) is 10.1 Å². The first-order chi connectivity index (χ1) is 12.3. The van der Waals surface area contributed by atoms with Gasteiger partial charge in [0.05, 0.1) is 13.2 Å². The zero-order valence-electron chi connectivity index (χ0n) is 14.4. The van der Waals surface area contributed by atoms with E-state index in [1.54, 1.807) is 6.92 Å². The van der Waals surface area contributed by atoms with Crippen molar-refractivity contribution in [3.8, 4) is 0 Å².